The molecule has 1 fully saturated rings. The fraction of sp³-hybridized carbons (Fsp3) is 0.550. The first kappa shape index (κ1) is 16.0. The quantitative estimate of drug-likeness (QED) is 0.849. The second-order valence-corrected chi connectivity index (χ2v) is 7.71. The number of likely N-dealkylation sites (tertiary alicyclic amines) is 1. The number of carbonyl (C=O) groups excluding carboxylic acids is 1. The number of hydrogen-bond donors (Lipinski definition) is 0. The van der Waals surface area contributed by atoms with Crippen molar-refractivity contribution in [3.8, 4) is 0 Å². The zero-order valence-corrected chi connectivity index (χ0v) is 15.1. The molecule has 6 heteroatoms. The summed E-state index contributed by atoms with van der Waals surface area (Å²) in [6.07, 6.45) is 5.11. The predicted molar refractivity (Wildman–Crippen MR) is 98.8 cm³/mol. The molecular weight excluding hydrogens is 326 g/mol. The molecule has 1 saturated heterocycles. The van der Waals surface area contributed by atoms with Gasteiger partial charge in [0.2, 0.25) is 5.91 Å². The topological polar surface area (TPSA) is 54.3 Å². The van der Waals surface area contributed by atoms with Crippen LogP contribution in [0.25, 0.3) is 0 Å². The Hall–Kier alpha value is -2.21. The number of para-hydroxylation sites is 1. The fourth-order valence-corrected chi connectivity index (χ4v) is 4.65. The molecule has 0 atom stereocenters. The summed E-state index contributed by atoms with van der Waals surface area (Å²) in [6, 6.07) is 8.32. The smallest absolute Gasteiger partial charge is 0.230 e. The number of piperidine rings is 1. The van der Waals surface area contributed by atoms with E-state index in [1.807, 2.05) is 11.0 Å². The van der Waals surface area contributed by atoms with Gasteiger partial charge in [0.05, 0.1) is 6.54 Å². The number of carbonyl (C=O) groups is 1. The van der Waals surface area contributed by atoms with Crippen molar-refractivity contribution in [1.29, 1.82) is 0 Å². The molecule has 0 radical (unpaired) electrons. The van der Waals surface area contributed by atoms with Crippen LogP contribution in [-0.4, -0.2) is 45.2 Å². The average Bonchev–Trinajstić information content (AvgIpc) is 3.38. The standard InChI is InChI=1S/C20H25N5O/c26-20(24-13-9-15-4-1-2-5-17(15)24)16-7-11-23(12-8-16)14-19-22-21-18-6-3-10-25(18)19/h1-2,4-5,16H,3,6-14H2. The number of aryl methyl sites for hydroxylation is 1. The molecule has 3 aliphatic heterocycles. The number of amides is 1. The Bertz CT molecular complexity index is 821. The van der Waals surface area contributed by atoms with Crippen molar-refractivity contribution >= 4 is 11.6 Å². The lowest BCUT2D eigenvalue weighted by molar-refractivity contribution is -0.123. The fourth-order valence-electron chi connectivity index (χ4n) is 4.65. The van der Waals surface area contributed by atoms with E-state index < -0.39 is 0 Å². The van der Waals surface area contributed by atoms with E-state index in [4.69, 9.17) is 0 Å². The Kier molecular flexibility index (Phi) is 4.00. The molecular formula is C20H25N5O. The Labute approximate surface area is 153 Å². The van der Waals surface area contributed by atoms with Crippen LogP contribution in [0.1, 0.15) is 36.5 Å². The van der Waals surface area contributed by atoms with Crippen LogP contribution < -0.4 is 4.90 Å². The maximum absolute atomic E-state index is 13.0. The normalized spacial score (nSPS) is 20.4. The van der Waals surface area contributed by atoms with Crippen LogP contribution in [0.5, 0.6) is 0 Å². The van der Waals surface area contributed by atoms with E-state index >= 15 is 0 Å². The van der Waals surface area contributed by atoms with Gasteiger partial charge in [0.25, 0.3) is 0 Å². The third kappa shape index (κ3) is 2.72. The van der Waals surface area contributed by atoms with E-state index in [2.05, 4.69) is 37.9 Å². The van der Waals surface area contributed by atoms with Crippen molar-refractivity contribution in [2.75, 3.05) is 24.5 Å². The summed E-state index contributed by atoms with van der Waals surface area (Å²) in [5, 5.41) is 8.67. The molecule has 5 rings (SSSR count). The molecule has 3 aliphatic rings. The molecule has 1 aromatic heterocycles. The van der Waals surface area contributed by atoms with Crippen molar-refractivity contribution in [2.45, 2.75) is 45.2 Å². The number of aromatic nitrogens is 3. The number of rotatable bonds is 3. The average molecular weight is 351 g/mol. The van der Waals surface area contributed by atoms with Crippen molar-refractivity contribution in [2.24, 2.45) is 5.92 Å². The summed E-state index contributed by atoms with van der Waals surface area (Å²) in [7, 11) is 0. The number of benzene rings is 1. The van der Waals surface area contributed by atoms with Gasteiger partial charge in [-0.2, -0.15) is 0 Å². The first-order valence-corrected chi connectivity index (χ1v) is 9.82. The highest BCUT2D eigenvalue weighted by molar-refractivity contribution is 5.97. The Balaban J connectivity index is 1.20. The molecule has 26 heavy (non-hydrogen) atoms. The molecule has 4 heterocycles. The van der Waals surface area contributed by atoms with Crippen LogP contribution in [0.2, 0.25) is 0 Å². The van der Waals surface area contributed by atoms with Crippen LogP contribution in [0.4, 0.5) is 5.69 Å². The maximum Gasteiger partial charge on any atom is 0.230 e. The Morgan fingerprint density at radius 2 is 1.88 bits per heavy atom. The maximum atomic E-state index is 13.0. The molecule has 2 aromatic rings. The summed E-state index contributed by atoms with van der Waals surface area (Å²) in [4.78, 5) is 17.5. The van der Waals surface area contributed by atoms with Gasteiger partial charge in [-0.3, -0.25) is 9.69 Å². The number of nitrogens with zero attached hydrogens (tertiary/aromatic N) is 5. The summed E-state index contributed by atoms with van der Waals surface area (Å²) < 4.78 is 2.28. The summed E-state index contributed by atoms with van der Waals surface area (Å²) in [6.45, 7) is 4.69. The second kappa shape index (κ2) is 6.50. The summed E-state index contributed by atoms with van der Waals surface area (Å²) in [5.74, 6) is 2.70. The van der Waals surface area contributed by atoms with Crippen LogP contribution in [-0.2, 0) is 30.7 Å². The van der Waals surface area contributed by atoms with Gasteiger partial charge in [-0.25, -0.2) is 0 Å². The minimum atomic E-state index is 0.154. The Morgan fingerprint density at radius 3 is 2.77 bits per heavy atom. The van der Waals surface area contributed by atoms with E-state index in [0.717, 1.165) is 75.7 Å². The van der Waals surface area contributed by atoms with Crippen molar-refractivity contribution in [3.63, 3.8) is 0 Å². The zero-order valence-electron chi connectivity index (χ0n) is 15.1. The number of fused-ring (bicyclic) bond motifs is 2. The molecule has 0 bridgehead atoms. The highest BCUT2D eigenvalue weighted by Crippen LogP contribution is 2.31. The van der Waals surface area contributed by atoms with Gasteiger partial charge in [-0.15, -0.1) is 10.2 Å². The summed E-state index contributed by atoms with van der Waals surface area (Å²) >= 11 is 0. The number of anilines is 1. The zero-order chi connectivity index (χ0) is 17.5. The molecule has 0 unspecified atom stereocenters. The van der Waals surface area contributed by atoms with Crippen LogP contribution >= 0.6 is 0 Å². The third-order valence-corrected chi connectivity index (χ3v) is 6.14. The van der Waals surface area contributed by atoms with Gasteiger partial charge >= 0.3 is 0 Å². The van der Waals surface area contributed by atoms with Gasteiger partial charge in [0, 0.05) is 31.1 Å². The lowest BCUT2D eigenvalue weighted by Crippen LogP contribution is -2.42. The number of hydrogen-bond acceptors (Lipinski definition) is 4. The minimum absolute atomic E-state index is 0.154. The molecule has 0 saturated carbocycles. The monoisotopic (exact) mass is 351 g/mol. The SMILES string of the molecule is O=C(C1CCN(Cc2nnc3n2CCC3)CC1)N1CCc2ccccc21. The van der Waals surface area contributed by atoms with Gasteiger partial charge in [0.15, 0.2) is 0 Å². The highest BCUT2D eigenvalue weighted by Gasteiger charge is 2.32. The van der Waals surface area contributed by atoms with Crippen molar-refractivity contribution in [3.05, 3.63) is 41.5 Å². The Morgan fingerprint density at radius 1 is 1.04 bits per heavy atom. The predicted octanol–water partition coefficient (Wildman–Crippen LogP) is 2.03. The van der Waals surface area contributed by atoms with Gasteiger partial charge in [0.1, 0.15) is 11.6 Å². The highest BCUT2D eigenvalue weighted by atomic mass is 16.2. The molecule has 0 spiro atoms. The van der Waals surface area contributed by atoms with Crippen LogP contribution in [0.3, 0.4) is 0 Å². The lowest BCUT2D eigenvalue weighted by atomic mass is 9.95. The van der Waals surface area contributed by atoms with Gasteiger partial charge in [-0.1, -0.05) is 18.2 Å². The van der Waals surface area contributed by atoms with E-state index in [0.29, 0.717) is 5.91 Å². The second-order valence-electron chi connectivity index (χ2n) is 7.71. The van der Waals surface area contributed by atoms with Crippen LogP contribution in [0, 0.1) is 5.92 Å². The van der Waals surface area contributed by atoms with E-state index in [-0.39, 0.29) is 5.92 Å². The van der Waals surface area contributed by atoms with E-state index in [1.54, 1.807) is 0 Å². The van der Waals surface area contributed by atoms with Gasteiger partial charge < -0.3 is 9.47 Å². The minimum Gasteiger partial charge on any atom is -0.314 e. The van der Waals surface area contributed by atoms with E-state index in [1.165, 1.54) is 12.0 Å². The van der Waals surface area contributed by atoms with Crippen molar-refractivity contribution in [1.82, 2.24) is 19.7 Å². The largest absolute Gasteiger partial charge is 0.314 e. The van der Waals surface area contributed by atoms with Crippen LogP contribution in [0.15, 0.2) is 24.3 Å². The lowest BCUT2D eigenvalue weighted by Gasteiger charge is -2.33. The van der Waals surface area contributed by atoms with Crippen molar-refractivity contribution < 1.29 is 4.79 Å². The first-order chi connectivity index (χ1) is 12.8. The molecule has 0 aliphatic carbocycles. The third-order valence-electron chi connectivity index (χ3n) is 6.14. The molecule has 136 valence electrons. The summed E-state index contributed by atoms with van der Waals surface area (Å²) in [5.41, 5.74) is 2.43. The van der Waals surface area contributed by atoms with Gasteiger partial charge in [-0.05, 0) is 50.4 Å². The first-order valence-electron chi connectivity index (χ1n) is 9.82. The molecule has 0 N–H and O–H groups in total. The molecule has 1 aromatic carbocycles. The molecule has 1 amide bonds. The van der Waals surface area contributed by atoms with E-state index in [9.17, 15) is 4.79 Å². The molecule has 6 nitrogen and oxygen atoms in total.